The van der Waals surface area contributed by atoms with Crippen LogP contribution in [-0.2, 0) is 6.18 Å². The number of hydrogen-bond donors (Lipinski definition) is 0. The summed E-state index contributed by atoms with van der Waals surface area (Å²) in [5.74, 6) is 0.0449. The van der Waals surface area contributed by atoms with E-state index in [4.69, 9.17) is 4.74 Å². The summed E-state index contributed by atoms with van der Waals surface area (Å²) >= 11 is 0. The third-order valence-electron chi connectivity index (χ3n) is 3.95. The number of alkyl halides is 3. The first-order chi connectivity index (χ1) is 11.7. The van der Waals surface area contributed by atoms with Crippen LogP contribution in [0, 0.1) is 13.8 Å². The summed E-state index contributed by atoms with van der Waals surface area (Å²) in [6, 6.07) is 7.79. The van der Waals surface area contributed by atoms with Crippen LogP contribution in [-0.4, -0.2) is 35.0 Å². The Morgan fingerprint density at radius 1 is 1.16 bits per heavy atom. The smallest absolute Gasteiger partial charge is 0.417 e. The van der Waals surface area contributed by atoms with Crippen LogP contribution < -0.4 is 4.74 Å². The first kappa shape index (κ1) is 17.3. The van der Waals surface area contributed by atoms with E-state index < -0.39 is 11.7 Å². The Hall–Kier alpha value is -2.57. The van der Waals surface area contributed by atoms with Crippen LogP contribution >= 0.6 is 0 Å². The molecule has 2 heterocycles. The van der Waals surface area contributed by atoms with Crippen molar-refractivity contribution in [3.05, 3.63) is 58.8 Å². The zero-order valence-corrected chi connectivity index (χ0v) is 13.8. The summed E-state index contributed by atoms with van der Waals surface area (Å²) in [4.78, 5) is 17.7. The van der Waals surface area contributed by atoms with Crippen molar-refractivity contribution in [1.82, 2.24) is 9.88 Å². The molecular formula is C18H17F3N2O2. The predicted octanol–water partition coefficient (Wildman–Crippen LogP) is 3.62. The van der Waals surface area contributed by atoms with E-state index in [1.54, 1.807) is 4.90 Å². The number of ether oxygens (including phenoxy) is 1. The van der Waals surface area contributed by atoms with Gasteiger partial charge in [-0.1, -0.05) is 17.2 Å². The molecule has 0 radical (unpaired) electrons. The first-order valence-corrected chi connectivity index (χ1v) is 7.80. The molecule has 1 aliphatic heterocycles. The standard InChI is InChI=1S/C18H17F3N2O2/c1-11-5-12(2)7-13(6-11)17(24)23-9-15(10-23)25-16-4-3-14(8-22-16)18(19,20)21/h3-8,15H,9-10H2,1-2H3. The second-order valence-electron chi connectivity index (χ2n) is 6.21. The number of aryl methyl sites for hydroxylation is 2. The molecule has 1 amide bonds. The number of hydrogen-bond acceptors (Lipinski definition) is 3. The van der Waals surface area contributed by atoms with Crippen LogP contribution in [0.1, 0.15) is 27.0 Å². The van der Waals surface area contributed by atoms with Gasteiger partial charge in [0.2, 0.25) is 5.88 Å². The number of halogens is 3. The fraction of sp³-hybridized carbons (Fsp3) is 0.333. The summed E-state index contributed by atoms with van der Waals surface area (Å²) < 4.78 is 43.0. The van der Waals surface area contributed by atoms with Crippen LogP contribution in [0.2, 0.25) is 0 Å². The van der Waals surface area contributed by atoms with Crippen molar-refractivity contribution in [1.29, 1.82) is 0 Å². The van der Waals surface area contributed by atoms with Gasteiger partial charge < -0.3 is 9.64 Å². The SMILES string of the molecule is Cc1cc(C)cc(C(=O)N2CC(Oc3ccc(C(F)(F)F)cn3)C2)c1. The molecule has 0 spiro atoms. The van der Waals surface area contributed by atoms with Gasteiger partial charge in [-0.15, -0.1) is 0 Å². The monoisotopic (exact) mass is 350 g/mol. The summed E-state index contributed by atoms with van der Waals surface area (Å²) in [5.41, 5.74) is 1.85. The molecule has 3 rings (SSSR count). The Morgan fingerprint density at radius 3 is 2.32 bits per heavy atom. The molecule has 1 aromatic carbocycles. The second-order valence-corrected chi connectivity index (χ2v) is 6.21. The van der Waals surface area contributed by atoms with Crippen molar-refractivity contribution < 1.29 is 22.7 Å². The van der Waals surface area contributed by atoms with Crippen molar-refractivity contribution in [2.45, 2.75) is 26.1 Å². The largest absolute Gasteiger partial charge is 0.471 e. The highest BCUT2D eigenvalue weighted by atomic mass is 19.4. The highest BCUT2D eigenvalue weighted by molar-refractivity contribution is 5.95. The predicted molar refractivity (Wildman–Crippen MR) is 85.5 cm³/mol. The van der Waals surface area contributed by atoms with Crippen molar-refractivity contribution in [2.75, 3.05) is 13.1 Å². The van der Waals surface area contributed by atoms with Crippen molar-refractivity contribution in [3.63, 3.8) is 0 Å². The number of likely N-dealkylation sites (tertiary alicyclic amines) is 1. The van der Waals surface area contributed by atoms with E-state index in [2.05, 4.69) is 4.98 Å². The van der Waals surface area contributed by atoms with E-state index in [-0.39, 0.29) is 17.9 Å². The minimum atomic E-state index is -4.42. The number of carbonyl (C=O) groups is 1. The Labute approximate surface area is 143 Å². The average molecular weight is 350 g/mol. The molecule has 1 fully saturated rings. The summed E-state index contributed by atoms with van der Waals surface area (Å²) in [6.45, 7) is 4.63. The van der Waals surface area contributed by atoms with Gasteiger partial charge in [0, 0.05) is 17.8 Å². The molecule has 0 unspecified atom stereocenters. The molecule has 1 aromatic heterocycles. The van der Waals surface area contributed by atoms with E-state index in [0.29, 0.717) is 18.7 Å². The van der Waals surface area contributed by atoms with Crippen molar-refractivity contribution in [2.24, 2.45) is 0 Å². The molecular weight excluding hydrogens is 333 g/mol. The van der Waals surface area contributed by atoms with Crippen LogP contribution in [0.5, 0.6) is 5.88 Å². The minimum Gasteiger partial charge on any atom is -0.471 e. The highest BCUT2D eigenvalue weighted by Crippen LogP contribution is 2.29. The van der Waals surface area contributed by atoms with Gasteiger partial charge in [-0.25, -0.2) is 4.98 Å². The van der Waals surface area contributed by atoms with E-state index in [0.717, 1.165) is 23.4 Å². The quantitative estimate of drug-likeness (QED) is 0.849. The van der Waals surface area contributed by atoms with Crippen LogP contribution in [0.15, 0.2) is 36.5 Å². The number of rotatable bonds is 3. The number of carbonyl (C=O) groups excluding carboxylic acids is 1. The molecule has 0 N–H and O–H groups in total. The minimum absolute atomic E-state index is 0.0768. The Morgan fingerprint density at radius 2 is 1.80 bits per heavy atom. The molecule has 1 saturated heterocycles. The zero-order chi connectivity index (χ0) is 18.2. The molecule has 132 valence electrons. The average Bonchev–Trinajstić information content (AvgIpc) is 2.48. The zero-order valence-electron chi connectivity index (χ0n) is 13.8. The number of nitrogens with zero attached hydrogens (tertiary/aromatic N) is 2. The third-order valence-corrected chi connectivity index (χ3v) is 3.95. The third kappa shape index (κ3) is 3.92. The summed E-state index contributed by atoms with van der Waals surface area (Å²) in [5, 5.41) is 0. The van der Waals surface area contributed by atoms with Gasteiger partial charge >= 0.3 is 6.18 Å². The van der Waals surface area contributed by atoms with Gasteiger partial charge in [-0.05, 0) is 32.0 Å². The van der Waals surface area contributed by atoms with Crippen LogP contribution in [0.4, 0.5) is 13.2 Å². The highest BCUT2D eigenvalue weighted by Gasteiger charge is 2.34. The lowest BCUT2D eigenvalue weighted by atomic mass is 10.0. The summed E-state index contributed by atoms with van der Waals surface area (Å²) in [6.07, 6.45) is -3.94. The van der Waals surface area contributed by atoms with Crippen molar-refractivity contribution in [3.8, 4) is 5.88 Å². The molecule has 0 bridgehead atoms. The normalized spacial score (nSPS) is 15.0. The van der Waals surface area contributed by atoms with E-state index in [1.807, 2.05) is 32.0 Å². The maximum Gasteiger partial charge on any atom is 0.417 e. The Balaban J connectivity index is 1.56. The lowest BCUT2D eigenvalue weighted by Crippen LogP contribution is -2.56. The molecule has 7 heteroatoms. The van der Waals surface area contributed by atoms with Crippen LogP contribution in [0.25, 0.3) is 0 Å². The van der Waals surface area contributed by atoms with E-state index in [9.17, 15) is 18.0 Å². The first-order valence-electron chi connectivity index (χ1n) is 7.80. The number of benzene rings is 1. The number of aromatic nitrogens is 1. The van der Waals surface area contributed by atoms with Crippen molar-refractivity contribution >= 4 is 5.91 Å². The van der Waals surface area contributed by atoms with Gasteiger partial charge in [0.05, 0.1) is 18.7 Å². The maximum atomic E-state index is 12.5. The van der Waals surface area contributed by atoms with E-state index >= 15 is 0 Å². The van der Waals surface area contributed by atoms with Crippen LogP contribution in [0.3, 0.4) is 0 Å². The van der Waals surface area contributed by atoms with E-state index in [1.165, 1.54) is 6.07 Å². The molecule has 1 aliphatic rings. The Kier molecular flexibility index (Phi) is 4.41. The molecule has 4 nitrogen and oxygen atoms in total. The van der Waals surface area contributed by atoms with Gasteiger partial charge in [0.25, 0.3) is 5.91 Å². The topological polar surface area (TPSA) is 42.4 Å². The number of pyridine rings is 1. The van der Waals surface area contributed by atoms with Gasteiger partial charge in [-0.2, -0.15) is 13.2 Å². The maximum absolute atomic E-state index is 12.5. The lowest BCUT2D eigenvalue weighted by molar-refractivity contribution is -0.137. The second kappa shape index (κ2) is 6.38. The number of amides is 1. The molecule has 2 aromatic rings. The van der Waals surface area contributed by atoms with Gasteiger partial charge in [0.15, 0.2) is 0 Å². The molecule has 25 heavy (non-hydrogen) atoms. The fourth-order valence-corrected chi connectivity index (χ4v) is 2.75. The van der Waals surface area contributed by atoms with Gasteiger partial charge in [-0.3, -0.25) is 4.79 Å². The fourth-order valence-electron chi connectivity index (χ4n) is 2.75. The molecule has 0 saturated carbocycles. The van der Waals surface area contributed by atoms with Gasteiger partial charge in [0.1, 0.15) is 6.10 Å². The lowest BCUT2D eigenvalue weighted by Gasteiger charge is -2.38. The molecule has 0 aliphatic carbocycles. The summed E-state index contributed by atoms with van der Waals surface area (Å²) in [7, 11) is 0. The Bertz CT molecular complexity index is 762. The molecule has 0 atom stereocenters.